The van der Waals surface area contributed by atoms with Gasteiger partial charge in [0, 0.05) is 31.0 Å². The van der Waals surface area contributed by atoms with Crippen LogP contribution in [0.5, 0.6) is 0 Å². The maximum absolute atomic E-state index is 12.3. The van der Waals surface area contributed by atoms with Gasteiger partial charge in [0.1, 0.15) is 0 Å². The van der Waals surface area contributed by atoms with Gasteiger partial charge in [-0.15, -0.1) is 0 Å². The summed E-state index contributed by atoms with van der Waals surface area (Å²) in [6.07, 6.45) is 2.21. The van der Waals surface area contributed by atoms with Crippen LogP contribution in [0.15, 0.2) is 48.5 Å². The van der Waals surface area contributed by atoms with E-state index in [9.17, 15) is 19.2 Å². The summed E-state index contributed by atoms with van der Waals surface area (Å²) in [5.74, 6) is -1.97. The van der Waals surface area contributed by atoms with Gasteiger partial charge in [0.25, 0.3) is 17.7 Å². The SMILES string of the molecule is O=C(COC(=O)CCN1C(=O)c2ccccc2C1=O)Nc1ccc(N2CCCC2)cc1. The number of anilines is 2. The third kappa shape index (κ3) is 4.58. The number of hydrogen-bond donors (Lipinski definition) is 1. The van der Waals surface area contributed by atoms with Crippen molar-refractivity contribution in [1.29, 1.82) is 0 Å². The topological polar surface area (TPSA) is 96.0 Å². The molecule has 2 aromatic rings. The fourth-order valence-electron chi connectivity index (χ4n) is 3.79. The lowest BCUT2D eigenvalue weighted by molar-refractivity contribution is -0.147. The van der Waals surface area contributed by atoms with Crippen molar-refractivity contribution < 1.29 is 23.9 Å². The first-order chi connectivity index (χ1) is 15.0. The molecule has 0 bridgehead atoms. The number of amides is 3. The molecule has 2 aromatic carbocycles. The molecule has 0 aromatic heterocycles. The number of rotatable bonds is 7. The highest BCUT2D eigenvalue weighted by Gasteiger charge is 2.35. The molecule has 3 amide bonds. The molecule has 0 radical (unpaired) electrons. The van der Waals surface area contributed by atoms with Crippen LogP contribution in [0.2, 0.25) is 0 Å². The first-order valence-electron chi connectivity index (χ1n) is 10.3. The normalized spacial score (nSPS) is 15.2. The third-order valence-electron chi connectivity index (χ3n) is 5.40. The Morgan fingerprint density at radius 3 is 2.13 bits per heavy atom. The largest absolute Gasteiger partial charge is 0.456 e. The van der Waals surface area contributed by atoms with Crippen molar-refractivity contribution in [2.45, 2.75) is 19.3 Å². The van der Waals surface area contributed by atoms with Crippen molar-refractivity contribution in [3.05, 3.63) is 59.7 Å². The number of esters is 1. The van der Waals surface area contributed by atoms with Crippen molar-refractivity contribution in [3.8, 4) is 0 Å². The summed E-state index contributed by atoms with van der Waals surface area (Å²) in [6, 6.07) is 14.1. The second kappa shape index (κ2) is 8.99. The molecule has 0 aliphatic carbocycles. The van der Waals surface area contributed by atoms with Crippen molar-refractivity contribution >= 4 is 35.1 Å². The monoisotopic (exact) mass is 421 g/mol. The smallest absolute Gasteiger partial charge is 0.308 e. The van der Waals surface area contributed by atoms with Gasteiger partial charge in [-0.2, -0.15) is 0 Å². The number of nitrogens with zero attached hydrogens (tertiary/aromatic N) is 2. The highest BCUT2D eigenvalue weighted by molar-refractivity contribution is 6.21. The van der Waals surface area contributed by atoms with Crippen LogP contribution in [0.3, 0.4) is 0 Å². The van der Waals surface area contributed by atoms with Crippen molar-refractivity contribution in [1.82, 2.24) is 4.90 Å². The summed E-state index contributed by atoms with van der Waals surface area (Å²) < 4.78 is 4.98. The van der Waals surface area contributed by atoms with E-state index in [0.717, 1.165) is 23.7 Å². The van der Waals surface area contributed by atoms with Gasteiger partial charge < -0.3 is 15.0 Å². The molecule has 4 rings (SSSR count). The van der Waals surface area contributed by atoms with Gasteiger partial charge in [0.2, 0.25) is 0 Å². The van der Waals surface area contributed by atoms with Crippen LogP contribution >= 0.6 is 0 Å². The molecule has 0 saturated carbocycles. The molecule has 1 fully saturated rings. The van der Waals surface area contributed by atoms with E-state index in [1.807, 2.05) is 24.3 Å². The van der Waals surface area contributed by atoms with E-state index in [0.29, 0.717) is 16.8 Å². The average molecular weight is 421 g/mol. The Labute approximate surface area is 179 Å². The van der Waals surface area contributed by atoms with Crippen LogP contribution in [-0.4, -0.2) is 54.8 Å². The third-order valence-corrected chi connectivity index (χ3v) is 5.40. The second-order valence-corrected chi connectivity index (χ2v) is 7.51. The van der Waals surface area contributed by atoms with Crippen molar-refractivity contribution in [2.75, 3.05) is 36.5 Å². The zero-order valence-electron chi connectivity index (χ0n) is 17.0. The van der Waals surface area contributed by atoms with Gasteiger partial charge in [0.15, 0.2) is 6.61 Å². The summed E-state index contributed by atoms with van der Waals surface area (Å²) in [4.78, 5) is 51.9. The second-order valence-electron chi connectivity index (χ2n) is 7.51. The Kier molecular flexibility index (Phi) is 5.97. The summed E-state index contributed by atoms with van der Waals surface area (Å²) in [5, 5.41) is 2.68. The molecule has 1 saturated heterocycles. The minimum absolute atomic E-state index is 0.0925. The fourth-order valence-corrected chi connectivity index (χ4v) is 3.79. The minimum Gasteiger partial charge on any atom is -0.456 e. The zero-order chi connectivity index (χ0) is 21.8. The van der Waals surface area contributed by atoms with Gasteiger partial charge in [-0.05, 0) is 49.2 Å². The van der Waals surface area contributed by atoms with Crippen molar-refractivity contribution in [3.63, 3.8) is 0 Å². The first kappa shape index (κ1) is 20.6. The zero-order valence-corrected chi connectivity index (χ0v) is 17.0. The Hall–Kier alpha value is -3.68. The lowest BCUT2D eigenvalue weighted by Crippen LogP contribution is -2.32. The lowest BCUT2D eigenvalue weighted by atomic mass is 10.1. The number of carbonyl (C=O) groups excluding carboxylic acids is 4. The van der Waals surface area contributed by atoms with Crippen LogP contribution in [0.4, 0.5) is 11.4 Å². The van der Waals surface area contributed by atoms with E-state index in [4.69, 9.17) is 4.74 Å². The number of imide groups is 1. The maximum atomic E-state index is 12.3. The highest BCUT2D eigenvalue weighted by atomic mass is 16.5. The van der Waals surface area contributed by atoms with E-state index < -0.39 is 30.3 Å². The molecule has 8 heteroatoms. The molecule has 1 N–H and O–H groups in total. The quantitative estimate of drug-likeness (QED) is 0.545. The molecular weight excluding hydrogens is 398 g/mol. The molecule has 2 aliphatic rings. The molecular formula is C23H23N3O5. The molecule has 31 heavy (non-hydrogen) atoms. The number of ether oxygens (including phenoxy) is 1. The van der Waals surface area contributed by atoms with E-state index in [1.165, 1.54) is 12.8 Å². The highest BCUT2D eigenvalue weighted by Crippen LogP contribution is 2.23. The molecule has 0 spiro atoms. The van der Waals surface area contributed by atoms with Crippen molar-refractivity contribution in [2.24, 2.45) is 0 Å². The van der Waals surface area contributed by atoms with Gasteiger partial charge in [-0.25, -0.2) is 0 Å². The number of benzene rings is 2. The van der Waals surface area contributed by atoms with E-state index in [1.54, 1.807) is 24.3 Å². The van der Waals surface area contributed by atoms with Crippen LogP contribution in [0, 0.1) is 0 Å². The fraction of sp³-hybridized carbons (Fsp3) is 0.304. The molecule has 2 aliphatic heterocycles. The minimum atomic E-state index is -0.656. The predicted molar refractivity (Wildman–Crippen MR) is 114 cm³/mol. The number of fused-ring (bicyclic) bond motifs is 1. The van der Waals surface area contributed by atoms with Gasteiger partial charge in [-0.3, -0.25) is 24.1 Å². The van der Waals surface area contributed by atoms with E-state index in [2.05, 4.69) is 10.2 Å². The van der Waals surface area contributed by atoms with Crippen LogP contribution < -0.4 is 10.2 Å². The number of nitrogens with one attached hydrogen (secondary N) is 1. The van der Waals surface area contributed by atoms with Crippen LogP contribution in [-0.2, 0) is 14.3 Å². The van der Waals surface area contributed by atoms with Gasteiger partial charge in [0.05, 0.1) is 17.5 Å². The molecule has 0 unspecified atom stereocenters. The molecule has 2 heterocycles. The summed E-state index contributed by atoms with van der Waals surface area (Å²) >= 11 is 0. The lowest BCUT2D eigenvalue weighted by Gasteiger charge is -2.17. The molecule has 0 atom stereocenters. The number of hydrogen-bond acceptors (Lipinski definition) is 6. The molecule has 8 nitrogen and oxygen atoms in total. The predicted octanol–water partition coefficient (Wildman–Crippen LogP) is 2.45. The molecule has 160 valence electrons. The Bertz CT molecular complexity index is 977. The Morgan fingerprint density at radius 2 is 1.52 bits per heavy atom. The Morgan fingerprint density at radius 1 is 0.903 bits per heavy atom. The first-order valence-corrected chi connectivity index (χ1v) is 10.3. The van der Waals surface area contributed by atoms with E-state index >= 15 is 0 Å². The van der Waals surface area contributed by atoms with Gasteiger partial charge >= 0.3 is 5.97 Å². The summed E-state index contributed by atoms with van der Waals surface area (Å²) in [5.41, 5.74) is 2.40. The average Bonchev–Trinajstić information content (AvgIpc) is 3.40. The Balaban J connectivity index is 1.21. The summed E-state index contributed by atoms with van der Waals surface area (Å²) in [6.45, 7) is 1.56. The van der Waals surface area contributed by atoms with E-state index in [-0.39, 0.29) is 13.0 Å². The van der Waals surface area contributed by atoms with Gasteiger partial charge in [-0.1, -0.05) is 12.1 Å². The standard InChI is InChI=1S/C23H23N3O5/c27-20(24-16-7-9-17(10-8-16)25-12-3-4-13-25)15-31-21(28)11-14-26-22(29)18-5-1-2-6-19(18)23(26)30/h1-2,5-10H,3-4,11-15H2,(H,24,27). The maximum Gasteiger partial charge on any atom is 0.308 e. The van der Waals surface area contributed by atoms with Crippen LogP contribution in [0.25, 0.3) is 0 Å². The van der Waals surface area contributed by atoms with Crippen LogP contribution in [0.1, 0.15) is 40.0 Å². The number of carbonyl (C=O) groups is 4. The summed E-state index contributed by atoms with van der Waals surface area (Å²) in [7, 11) is 0.